The molecule has 0 amide bonds. The smallest absolute Gasteiger partial charge is 0.340 e. The number of hydrogen-bond acceptors (Lipinski definition) is 3. The van der Waals surface area contributed by atoms with Crippen molar-refractivity contribution < 1.29 is 18.7 Å². The molecule has 0 aromatic heterocycles. The van der Waals surface area contributed by atoms with E-state index >= 15 is 0 Å². The molecule has 0 heterocycles. The molecule has 1 aromatic rings. The van der Waals surface area contributed by atoms with E-state index in [-0.39, 0.29) is 6.10 Å². The first-order valence-electron chi connectivity index (χ1n) is 10.0. The summed E-state index contributed by atoms with van der Waals surface area (Å²) in [4.78, 5) is 11.3. The number of rotatable bonds is 6. The predicted octanol–water partition coefficient (Wildman–Crippen LogP) is 5.39. The van der Waals surface area contributed by atoms with Crippen molar-refractivity contribution in [3.05, 3.63) is 36.2 Å². The summed E-state index contributed by atoms with van der Waals surface area (Å²) in [5.41, 5.74) is 1.43. The van der Waals surface area contributed by atoms with Crippen molar-refractivity contribution in [3.8, 4) is 5.75 Å². The minimum absolute atomic E-state index is 0.135. The zero-order valence-corrected chi connectivity index (χ0v) is 15.7. The van der Waals surface area contributed by atoms with Gasteiger partial charge in [-0.25, -0.2) is 9.18 Å². The van der Waals surface area contributed by atoms with Gasteiger partial charge in [0.1, 0.15) is 11.9 Å². The van der Waals surface area contributed by atoms with Crippen LogP contribution in [0.1, 0.15) is 69.8 Å². The molecule has 0 N–H and O–H groups in total. The molecule has 3 rings (SSSR count). The van der Waals surface area contributed by atoms with Crippen LogP contribution in [0.2, 0.25) is 0 Å². The van der Waals surface area contributed by atoms with E-state index in [2.05, 4.69) is 30.7 Å². The highest BCUT2D eigenvalue weighted by atomic mass is 19.1. The van der Waals surface area contributed by atoms with Crippen LogP contribution >= 0.6 is 0 Å². The van der Waals surface area contributed by atoms with Crippen molar-refractivity contribution in [2.45, 2.75) is 76.5 Å². The average molecular weight is 361 g/mol. The molecule has 0 unspecified atom stereocenters. The van der Waals surface area contributed by atoms with Gasteiger partial charge in [0, 0.05) is 0 Å². The maximum atomic E-state index is 12.9. The van der Waals surface area contributed by atoms with Crippen molar-refractivity contribution in [3.63, 3.8) is 0 Å². The number of ether oxygens (including phenoxy) is 2. The third-order valence-electron chi connectivity index (χ3n) is 5.68. The molecular formula is C22H30FO3. The lowest BCUT2D eigenvalue weighted by atomic mass is 9.84. The molecule has 1 aromatic carbocycles. The number of halogens is 1. The first kappa shape index (κ1) is 19.2. The Morgan fingerprint density at radius 2 is 1.73 bits per heavy atom. The number of alkyl halides is 1. The van der Waals surface area contributed by atoms with Gasteiger partial charge < -0.3 is 9.47 Å². The first-order valence-corrected chi connectivity index (χ1v) is 10.0. The Morgan fingerprint density at radius 3 is 2.35 bits per heavy atom. The summed E-state index contributed by atoms with van der Waals surface area (Å²) >= 11 is 0. The molecule has 0 aliphatic heterocycles. The lowest BCUT2D eigenvalue weighted by molar-refractivity contribution is -0.156. The molecular weight excluding hydrogens is 331 g/mol. The van der Waals surface area contributed by atoms with Gasteiger partial charge in [0.05, 0.1) is 6.61 Å². The summed E-state index contributed by atoms with van der Waals surface area (Å²) in [7, 11) is 0. The first-order chi connectivity index (χ1) is 12.6. The van der Waals surface area contributed by atoms with E-state index in [1.807, 2.05) is 0 Å². The van der Waals surface area contributed by atoms with Gasteiger partial charge in [0.25, 0.3) is 0 Å². The molecule has 0 bridgehead atoms. The highest BCUT2D eigenvalue weighted by molar-refractivity contribution is 5.74. The Bertz CT molecular complexity index is 555. The number of esters is 1. The second kappa shape index (κ2) is 9.38. The summed E-state index contributed by atoms with van der Waals surface area (Å²) in [6, 6.07) is 8.59. The number of carbonyl (C=O) groups excluding carboxylic acids is 1. The Labute approximate surface area is 156 Å². The molecule has 0 spiro atoms. The van der Waals surface area contributed by atoms with Gasteiger partial charge in [-0.1, -0.05) is 12.1 Å². The third kappa shape index (κ3) is 5.46. The van der Waals surface area contributed by atoms with Crippen molar-refractivity contribution in [1.82, 2.24) is 0 Å². The van der Waals surface area contributed by atoms with E-state index in [1.165, 1.54) is 38.2 Å². The molecule has 1 atom stereocenters. The minimum atomic E-state index is -1.54. The van der Waals surface area contributed by atoms with Crippen LogP contribution < -0.4 is 4.74 Å². The minimum Gasteiger partial charge on any atom is -0.493 e. The van der Waals surface area contributed by atoms with Gasteiger partial charge in [-0.05, 0) is 94.2 Å². The second-order valence-electron chi connectivity index (χ2n) is 7.72. The van der Waals surface area contributed by atoms with Crippen molar-refractivity contribution >= 4 is 5.97 Å². The zero-order valence-electron chi connectivity index (χ0n) is 15.7. The van der Waals surface area contributed by atoms with Crippen LogP contribution in [-0.4, -0.2) is 24.9 Å². The normalized spacial score (nSPS) is 25.5. The van der Waals surface area contributed by atoms with Crippen LogP contribution in [0.25, 0.3) is 0 Å². The molecule has 26 heavy (non-hydrogen) atoms. The van der Waals surface area contributed by atoms with Crippen molar-refractivity contribution in [2.24, 2.45) is 5.92 Å². The van der Waals surface area contributed by atoms with E-state index in [4.69, 9.17) is 9.47 Å². The number of hydrogen-bond donors (Lipinski definition) is 0. The molecule has 2 aliphatic rings. The van der Waals surface area contributed by atoms with Gasteiger partial charge >= 0.3 is 5.97 Å². The van der Waals surface area contributed by atoms with Crippen molar-refractivity contribution in [2.75, 3.05) is 6.61 Å². The van der Waals surface area contributed by atoms with E-state index in [9.17, 15) is 9.18 Å². The van der Waals surface area contributed by atoms with E-state index < -0.39 is 12.1 Å². The van der Waals surface area contributed by atoms with Crippen molar-refractivity contribution in [1.29, 1.82) is 0 Å². The highest BCUT2D eigenvalue weighted by Gasteiger charge is 2.26. The highest BCUT2D eigenvalue weighted by Crippen LogP contribution is 2.33. The summed E-state index contributed by atoms with van der Waals surface area (Å²) in [5.74, 6) is 1.36. The maximum Gasteiger partial charge on any atom is 0.340 e. The third-order valence-corrected chi connectivity index (χ3v) is 5.68. The zero-order chi connectivity index (χ0) is 18.4. The lowest BCUT2D eigenvalue weighted by Gasteiger charge is -2.28. The molecule has 1 radical (unpaired) electrons. The predicted molar refractivity (Wildman–Crippen MR) is 99.9 cm³/mol. The van der Waals surface area contributed by atoms with Gasteiger partial charge in [-0.2, -0.15) is 0 Å². The van der Waals surface area contributed by atoms with Crippen LogP contribution in [0.4, 0.5) is 4.39 Å². The fourth-order valence-corrected chi connectivity index (χ4v) is 3.98. The van der Waals surface area contributed by atoms with Gasteiger partial charge in [0.2, 0.25) is 0 Å². The maximum absolute atomic E-state index is 12.9. The Balaban J connectivity index is 1.39. The van der Waals surface area contributed by atoms with E-state index in [1.54, 1.807) is 0 Å². The second-order valence-corrected chi connectivity index (χ2v) is 7.72. The van der Waals surface area contributed by atoms with Crippen LogP contribution in [0.5, 0.6) is 5.75 Å². The summed E-state index contributed by atoms with van der Waals surface area (Å²) in [6.45, 7) is 1.91. The topological polar surface area (TPSA) is 35.5 Å². The number of carbonyl (C=O) groups is 1. The fourth-order valence-electron chi connectivity index (χ4n) is 3.98. The SMILES string of the molecule is C[C@H](F)C(=O)O[C@H]1CC[C@H](COc2ccc(C3CC[CH]CC3)cc2)CC1. The van der Waals surface area contributed by atoms with Gasteiger partial charge in [-0.15, -0.1) is 0 Å². The Morgan fingerprint density at radius 1 is 1.08 bits per heavy atom. The average Bonchev–Trinajstić information content (AvgIpc) is 2.68. The summed E-state index contributed by atoms with van der Waals surface area (Å²) in [5, 5.41) is 0. The quantitative estimate of drug-likeness (QED) is 0.638. The molecule has 0 saturated heterocycles. The monoisotopic (exact) mass is 361 g/mol. The molecule has 4 heteroatoms. The number of benzene rings is 1. The Hall–Kier alpha value is -1.58. The largest absolute Gasteiger partial charge is 0.493 e. The van der Waals surface area contributed by atoms with E-state index in [0.717, 1.165) is 31.4 Å². The summed E-state index contributed by atoms with van der Waals surface area (Å²) in [6.07, 6.45) is 9.19. The lowest BCUT2D eigenvalue weighted by Crippen LogP contribution is -2.29. The molecule has 2 saturated carbocycles. The molecule has 2 aliphatic carbocycles. The van der Waals surface area contributed by atoms with E-state index in [0.29, 0.717) is 18.4 Å². The van der Waals surface area contributed by atoms with Crippen LogP contribution in [0, 0.1) is 12.3 Å². The molecule has 143 valence electrons. The summed E-state index contributed by atoms with van der Waals surface area (Å²) < 4.78 is 24.0. The van der Waals surface area contributed by atoms with Gasteiger partial charge in [0.15, 0.2) is 6.17 Å². The molecule has 2 fully saturated rings. The standard InChI is InChI=1S/C22H30FO3/c1-16(23)22(24)26-21-11-7-17(8-12-21)15-25-20-13-9-19(10-14-20)18-5-3-2-4-6-18/h2,9-10,13-14,16-18,21H,3-8,11-12,15H2,1H3/t16-,17-,21-/m0/s1. The fraction of sp³-hybridized carbons (Fsp3) is 0.636. The van der Waals surface area contributed by atoms with Crippen LogP contribution in [0.15, 0.2) is 24.3 Å². The van der Waals surface area contributed by atoms with Gasteiger partial charge in [-0.3, -0.25) is 0 Å². The van der Waals surface area contributed by atoms with Crippen LogP contribution in [-0.2, 0) is 9.53 Å². The van der Waals surface area contributed by atoms with Crippen LogP contribution in [0.3, 0.4) is 0 Å². The Kier molecular flexibility index (Phi) is 6.93. The molecule has 3 nitrogen and oxygen atoms in total.